The topological polar surface area (TPSA) is 96.5 Å². The average molecular weight is 336 g/mol. The number of nitrogens with one attached hydrogen (secondary N) is 2. The Labute approximate surface area is 146 Å². The zero-order valence-electron chi connectivity index (χ0n) is 14.5. The zero-order valence-corrected chi connectivity index (χ0v) is 14.5. The van der Waals surface area contributed by atoms with Crippen LogP contribution in [0.25, 0.3) is 0 Å². The molecular formula is C18H20N6O. The van der Waals surface area contributed by atoms with Crippen LogP contribution in [0.3, 0.4) is 0 Å². The molecule has 0 atom stereocenters. The third-order valence-electron chi connectivity index (χ3n) is 3.87. The van der Waals surface area contributed by atoms with Gasteiger partial charge in [-0.2, -0.15) is 10.1 Å². The molecule has 0 saturated heterocycles. The van der Waals surface area contributed by atoms with Crippen LogP contribution in [-0.2, 0) is 12.8 Å². The van der Waals surface area contributed by atoms with Crippen LogP contribution in [-0.4, -0.2) is 31.1 Å². The van der Waals surface area contributed by atoms with Crippen molar-refractivity contribution in [2.45, 2.75) is 33.6 Å². The van der Waals surface area contributed by atoms with E-state index in [4.69, 9.17) is 0 Å². The summed E-state index contributed by atoms with van der Waals surface area (Å²) in [5.41, 5.74) is 4.45. The number of hydrogen-bond donors (Lipinski definition) is 2. The van der Waals surface area contributed by atoms with Gasteiger partial charge in [0, 0.05) is 23.4 Å². The third-order valence-corrected chi connectivity index (χ3v) is 3.87. The summed E-state index contributed by atoms with van der Waals surface area (Å²) < 4.78 is 0. The molecule has 7 heteroatoms. The molecule has 2 heterocycles. The average Bonchev–Trinajstić information content (AvgIpc) is 3.09. The fourth-order valence-corrected chi connectivity index (χ4v) is 2.61. The zero-order chi connectivity index (χ0) is 17.8. The number of nitrogens with zero attached hydrogens (tertiary/aromatic N) is 4. The molecular weight excluding hydrogens is 316 g/mol. The van der Waals surface area contributed by atoms with Crippen molar-refractivity contribution < 1.29 is 4.79 Å². The molecule has 0 unspecified atom stereocenters. The molecule has 0 saturated carbocycles. The summed E-state index contributed by atoms with van der Waals surface area (Å²) in [7, 11) is 0. The molecule has 0 radical (unpaired) electrons. The predicted molar refractivity (Wildman–Crippen MR) is 94.5 cm³/mol. The highest BCUT2D eigenvalue weighted by molar-refractivity contribution is 6.04. The summed E-state index contributed by atoms with van der Waals surface area (Å²) in [4.78, 5) is 25.4. The number of aromatic nitrogens is 5. The molecule has 0 spiro atoms. The van der Waals surface area contributed by atoms with E-state index in [1.807, 2.05) is 38.1 Å². The molecule has 25 heavy (non-hydrogen) atoms. The summed E-state index contributed by atoms with van der Waals surface area (Å²) in [5, 5.41) is 9.04. The van der Waals surface area contributed by atoms with Gasteiger partial charge in [0.2, 0.25) is 5.95 Å². The largest absolute Gasteiger partial charge is 0.291 e. The van der Waals surface area contributed by atoms with Gasteiger partial charge in [-0.15, -0.1) is 0 Å². The van der Waals surface area contributed by atoms with Crippen LogP contribution in [0, 0.1) is 13.8 Å². The van der Waals surface area contributed by atoms with E-state index in [-0.39, 0.29) is 5.91 Å². The Bertz CT molecular complexity index is 889. The van der Waals surface area contributed by atoms with Gasteiger partial charge < -0.3 is 0 Å². The molecule has 0 bridgehead atoms. The summed E-state index contributed by atoms with van der Waals surface area (Å²) in [6, 6.07) is 7.80. The smallest absolute Gasteiger partial charge is 0.258 e. The Balaban J connectivity index is 1.84. The van der Waals surface area contributed by atoms with Gasteiger partial charge in [-0.05, 0) is 43.5 Å². The van der Waals surface area contributed by atoms with Gasteiger partial charge in [0.05, 0.1) is 0 Å². The van der Waals surface area contributed by atoms with Gasteiger partial charge in [0.1, 0.15) is 12.2 Å². The van der Waals surface area contributed by atoms with Crippen molar-refractivity contribution in [1.82, 2.24) is 25.1 Å². The number of benzene rings is 1. The first kappa shape index (κ1) is 16.8. The lowest BCUT2D eigenvalue weighted by atomic mass is 10.0. The van der Waals surface area contributed by atoms with Crippen molar-refractivity contribution >= 4 is 11.9 Å². The summed E-state index contributed by atoms with van der Waals surface area (Å²) in [5.74, 6) is 0.863. The first-order chi connectivity index (χ1) is 12.0. The molecule has 1 amide bonds. The maximum atomic E-state index is 12.5. The first-order valence-electron chi connectivity index (χ1n) is 8.15. The minimum absolute atomic E-state index is 0.226. The van der Waals surface area contributed by atoms with Gasteiger partial charge in [-0.1, -0.05) is 19.1 Å². The van der Waals surface area contributed by atoms with Crippen LogP contribution in [0.1, 0.15) is 45.6 Å². The molecule has 0 aliphatic carbocycles. The van der Waals surface area contributed by atoms with E-state index in [1.54, 1.807) is 0 Å². The molecule has 128 valence electrons. The maximum absolute atomic E-state index is 12.5. The Morgan fingerprint density at radius 2 is 2.04 bits per heavy atom. The molecule has 7 nitrogen and oxygen atoms in total. The van der Waals surface area contributed by atoms with E-state index in [2.05, 4.69) is 37.4 Å². The minimum atomic E-state index is -0.226. The van der Waals surface area contributed by atoms with Crippen molar-refractivity contribution in [2.24, 2.45) is 0 Å². The van der Waals surface area contributed by atoms with Crippen LogP contribution in [0.15, 0.2) is 30.6 Å². The molecule has 3 rings (SSSR count). The quantitative estimate of drug-likeness (QED) is 0.746. The van der Waals surface area contributed by atoms with Gasteiger partial charge in [0.15, 0.2) is 0 Å². The second-order valence-electron chi connectivity index (χ2n) is 5.88. The summed E-state index contributed by atoms with van der Waals surface area (Å²) in [6.07, 6.45) is 2.80. The van der Waals surface area contributed by atoms with Crippen LogP contribution in [0.2, 0.25) is 0 Å². The SMILES string of the molecule is CCc1cc(C)nc(Cc2ccc(C)c(C(=O)Nc3ncn[nH]3)c2)n1. The van der Waals surface area contributed by atoms with Crippen molar-refractivity contribution in [3.05, 3.63) is 64.5 Å². The normalized spacial score (nSPS) is 10.7. The van der Waals surface area contributed by atoms with E-state index >= 15 is 0 Å². The number of aryl methyl sites for hydroxylation is 3. The van der Waals surface area contributed by atoms with E-state index in [1.165, 1.54) is 6.33 Å². The maximum Gasteiger partial charge on any atom is 0.258 e. The Morgan fingerprint density at radius 3 is 2.76 bits per heavy atom. The lowest BCUT2D eigenvalue weighted by molar-refractivity contribution is 0.102. The molecule has 2 N–H and O–H groups in total. The molecule has 0 fully saturated rings. The lowest BCUT2D eigenvalue weighted by Gasteiger charge is -2.09. The standard InChI is InChI=1S/C18H20N6O/c1-4-14-7-12(3)21-16(22-14)9-13-6-5-11(2)15(8-13)17(25)23-18-19-10-20-24-18/h5-8,10H,4,9H2,1-3H3,(H2,19,20,23,24,25). The Morgan fingerprint density at radius 1 is 1.20 bits per heavy atom. The molecule has 0 aliphatic heterocycles. The number of carbonyl (C=O) groups excluding carboxylic acids is 1. The predicted octanol–water partition coefficient (Wildman–Crippen LogP) is 2.62. The number of hydrogen-bond acceptors (Lipinski definition) is 5. The monoisotopic (exact) mass is 336 g/mol. The van der Waals surface area contributed by atoms with Gasteiger partial charge in [-0.25, -0.2) is 15.1 Å². The number of aromatic amines is 1. The van der Waals surface area contributed by atoms with E-state index < -0.39 is 0 Å². The van der Waals surface area contributed by atoms with Crippen LogP contribution in [0.4, 0.5) is 5.95 Å². The molecule has 0 aliphatic rings. The fourth-order valence-electron chi connectivity index (χ4n) is 2.61. The summed E-state index contributed by atoms with van der Waals surface area (Å²) >= 11 is 0. The third kappa shape index (κ3) is 4.06. The number of H-pyrrole nitrogens is 1. The minimum Gasteiger partial charge on any atom is -0.291 e. The van der Waals surface area contributed by atoms with Crippen LogP contribution < -0.4 is 5.32 Å². The highest BCUT2D eigenvalue weighted by Crippen LogP contribution is 2.15. The number of rotatable bonds is 5. The lowest BCUT2D eigenvalue weighted by Crippen LogP contribution is -2.15. The van der Waals surface area contributed by atoms with Crippen LogP contribution in [0.5, 0.6) is 0 Å². The second kappa shape index (κ2) is 7.21. The van der Waals surface area contributed by atoms with Crippen LogP contribution >= 0.6 is 0 Å². The number of anilines is 1. The van der Waals surface area contributed by atoms with Gasteiger partial charge in [-0.3, -0.25) is 10.1 Å². The molecule has 1 aromatic carbocycles. The Hall–Kier alpha value is -3.09. The molecule has 3 aromatic rings. The van der Waals surface area contributed by atoms with Gasteiger partial charge >= 0.3 is 0 Å². The number of amides is 1. The van der Waals surface area contributed by atoms with Crippen molar-refractivity contribution in [2.75, 3.05) is 5.32 Å². The van der Waals surface area contributed by atoms with E-state index in [0.717, 1.165) is 34.8 Å². The highest BCUT2D eigenvalue weighted by Gasteiger charge is 2.12. The second-order valence-corrected chi connectivity index (χ2v) is 5.88. The fraction of sp³-hybridized carbons (Fsp3) is 0.278. The van der Waals surface area contributed by atoms with Crippen molar-refractivity contribution in [3.8, 4) is 0 Å². The van der Waals surface area contributed by atoms with E-state index in [0.29, 0.717) is 17.9 Å². The summed E-state index contributed by atoms with van der Waals surface area (Å²) in [6.45, 7) is 5.94. The van der Waals surface area contributed by atoms with Crippen molar-refractivity contribution in [3.63, 3.8) is 0 Å². The Kier molecular flexibility index (Phi) is 4.83. The molecule has 2 aromatic heterocycles. The first-order valence-corrected chi connectivity index (χ1v) is 8.15. The van der Waals surface area contributed by atoms with Crippen molar-refractivity contribution in [1.29, 1.82) is 0 Å². The van der Waals surface area contributed by atoms with E-state index in [9.17, 15) is 4.79 Å². The number of carbonyl (C=O) groups is 1. The highest BCUT2D eigenvalue weighted by atomic mass is 16.1. The van der Waals surface area contributed by atoms with Gasteiger partial charge in [0.25, 0.3) is 5.91 Å².